The first-order chi connectivity index (χ1) is 9.04. The number of hydrogen-bond donors (Lipinski definition) is 1. The Bertz CT molecular complexity index is 438. The van der Waals surface area contributed by atoms with Gasteiger partial charge in [-0.2, -0.15) is 5.10 Å². The molecule has 5 heteroatoms. The van der Waals surface area contributed by atoms with Gasteiger partial charge in [-0.15, -0.1) is 0 Å². The summed E-state index contributed by atoms with van der Waals surface area (Å²) in [7, 11) is 0. The Hall–Kier alpha value is -1.62. The quantitative estimate of drug-likeness (QED) is 0.441. The molecule has 0 bridgehead atoms. The number of nitrogens with zero attached hydrogens (tertiary/aromatic N) is 2. The summed E-state index contributed by atoms with van der Waals surface area (Å²) in [6, 6.07) is 2.07. The van der Waals surface area contributed by atoms with Crippen molar-refractivity contribution in [3.05, 3.63) is 29.6 Å². The molecule has 0 aromatic carbocycles. The Labute approximate surface area is 114 Å². The molecule has 0 radical (unpaired) electrons. The lowest BCUT2D eigenvalue weighted by Gasteiger charge is -2.08. The van der Waals surface area contributed by atoms with Gasteiger partial charge in [-0.1, -0.05) is 6.58 Å². The number of aromatic nitrogens is 2. The van der Waals surface area contributed by atoms with Crippen molar-refractivity contribution in [1.82, 2.24) is 15.1 Å². The molecule has 106 valence electrons. The second kappa shape index (κ2) is 7.74. The smallest absolute Gasteiger partial charge is 0.334 e. The van der Waals surface area contributed by atoms with Crippen LogP contribution in [-0.4, -0.2) is 35.4 Å². The van der Waals surface area contributed by atoms with Crippen molar-refractivity contribution in [2.75, 3.05) is 19.7 Å². The van der Waals surface area contributed by atoms with E-state index in [-0.39, 0.29) is 5.97 Å². The average Bonchev–Trinajstić information content (AvgIpc) is 2.67. The summed E-state index contributed by atoms with van der Waals surface area (Å²) in [6.07, 6.45) is 0.956. The summed E-state index contributed by atoms with van der Waals surface area (Å²) in [6.45, 7) is 12.1. The van der Waals surface area contributed by atoms with Gasteiger partial charge in [0.05, 0.1) is 12.3 Å². The standard InChI is InChI=1S/C14H23N3O2/c1-5-19-14(18)11(2)10-15-7-6-8-17-13(4)9-12(3)16-17/h9,15H,2,5-8,10H2,1,3-4H3. The molecule has 1 aromatic rings. The number of carbonyl (C=O) groups is 1. The van der Waals surface area contributed by atoms with E-state index in [2.05, 4.69) is 30.0 Å². The van der Waals surface area contributed by atoms with E-state index in [1.807, 2.05) is 11.6 Å². The van der Waals surface area contributed by atoms with Gasteiger partial charge in [0.15, 0.2) is 0 Å². The van der Waals surface area contributed by atoms with E-state index >= 15 is 0 Å². The maximum Gasteiger partial charge on any atom is 0.334 e. The van der Waals surface area contributed by atoms with E-state index in [9.17, 15) is 4.79 Å². The molecule has 0 atom stereocenters. The van der Waals surface area contributed by atoms with Crippen LogP contribution in [-0.2, 0) is 16.1 Å². The van der Waals surface area contributed by atoms with Crippen molar-refractivity contribution in [2.45, 2.75) is 33.7 Å². The third-order valence-corrected chi connectivity index (χ3v) is 2.73. The van der Waals surface area contributed by atoms with Crippen molar-refractivity contribution in [1.29, 1.82) is 0 Å². The minimum Gasteiger partial charge on any atom is -0.463 e. The molecule has 0 unspecified atom stereocenters. The van der Waals surface area contributed by atoms with Gasteiger partial charge in [0.2, 0.25) is 0 Å². The maximum absolute atomic E-state index is 11.3. The van der Waals surface area contributed by atoms with E-state index in [0.717, 1.165) is 25.2 Å². The highest BCUT2D eigenvalue weighted by Crippen LogP contribution is 2.02. The van der Waals surface area contributed by atoms with E-state index in [1.165, 1.54) is 5.69 Å². The maximum atomic E-state index is 11.3. The summed E-state index contributed by atoms with van der Waals surface area (Å²) < 4.78 is 6.85. The summed E-state index contributed by atoms with van der Waals surface area (Å²) in [4.78, 5) is 11.3. The Morgan fingerprint density at radius 2 is 2.26 bits per heavy atom. The number of hydrogen-bond acceptors (Lipinski definition) is 4. The van der Waals surface area contributed by atoms with Crippen molar-refractivity contribution in [2.24, 2.45) is 0 Å². The van der Waals surface area contributed by atoms with Crippen LogP contribution < -0.4 is 5.32 Å². The third-order valence-electron chi connectivity index (χ3n) is 2.73. The molecule has 19 heavy (non-hydrogen) atoms. The topological polar surface area (TPSA) is 56.2 Å². The Balaban J connectivity index is 2.16. The fourth-order valence-corrected chi connectivity index (χ4v) is 1.80. The van der Waals surface area contributed by atoms with Crippen LogP contribution in [0.15, 0.2) is 18.2 Å². The number of esters is 1. The Morgan fingerprint density at radius 1 is 1.53 bits per heavy atom. The van der Waals surface area contributed by atoms with Gasteiger partial charge < -0.3 is 10.1 Å². The van der Waals surface area contributed by atoms with Crippen LogP contribution in [0.2, 0.25) is 0 Å². The second-order valence-corrected chi connectivity index (χ2v) is 4.50. The summed E-state index contributed by atoms with van der Waals surface area (Å²) >= 11 is 0. The largest absolute Gasteiger partial charge is 0.463 e. The summed E-state index contributed by atoms with van der Waals surface area (Å²) in [5, 5.41) is 7.57. The first-order valence-corrected chi connectivity index (χ1v) is 6.61. The zero-order valence-corrected chi connectivity index (χ0v) is 12.0. The molecule has 0 spiro atoms. The van der Waals surface area contributed by atoms with Crippen molar-refractivity contribution < 1.29 is 9.53 Å². The molecule has 0 fully saturated rings. The number of carbonyl (C=O) groups excluding carboxylic acids is 1. The third kappa shape index (κ3) is 5.26. The molecule has 0 aliphatic rings. The average molecular weight is 265 g/mol. The van der Waals surface area contributed by atoms with Gasteiger partial charge in [-0.05, 0) is 39.8 Å². The molecule has 1 N–H and O–H groups in total. The lowest BCUT2D eigenvalue weighted by molar-refractivity contribution is -0.138. The molecular formula is C14H23N3O2. The molecule has 0 aliphatic carbocycles. The van der Waals surface area contributed by atoms with Crippen LogP contribution in [0.1, 0.15) is 24.7 Å². The fraction of sp³-hybridized carbons (Fsp3) is 0.571. The highest BCUT2D eigenvalue weighted by atomic mass is 16.5. The summed E-state index contributed by atoms with van der Waals surface area (Å²) in [5.41, 5.74) is 2.68. The zero-order chi connectivity index (χ0) is 14.3. The molecular weight excluding hydrogens is 242 g/mol. The highest BCUT2D eigenvalue weighted by Gasteiger charge is 2.06. The van der Waals surface area contributed by atoms with E-state index in [1.54, 1.807) is 6.92 Å². The minimum atomic E-state index is -0.325. The lowest BCUT2D eigenvalue weighted by Crippen LogP contribution is -2.23. The molecule has 0 saturated carbocycles. The molecule has 1 rings (SSSR count). The van der Waals surface area contributed by atoms with Crippen molar-refractivity contribution >= 4 is 5.97 Å². The van der Waals surface area contributed by atoms with E-state index in [0.29, 0.717) is 18.7 Å². The van der Waals surface area contributed by atoms with Crippen LogP contribution >= 0.6 is 0 Å². The van der Waals surface area contributed by atoms with Crippen LogP contribution in [0.4, 0.5) is 0 Å². The van der Waals surface area contributed by atoms with E-state index in [4.69, 9.17) is 4.74 Å². The van der Waals surface area contributed by atoms with Gasteiger partial charge in [-0.3, -0.25) is 4.68 Å². The van der Waals surface area contributed by atoms with Crippen LogP contribution in [0.5, 0.6) is 0 Å². The number of ether oxygens (including phenoxy) is 1. The number of rotatable bonds is 8. The Kier molecular flexibility index (Phi) is 6.29. The van der Waals surface area contributed by atoms with E-state index < -0.39 is 0 Å². The predicted molar refractivity (Wildman–Crippen MR) is 75.0 cm³/mol. The van der Waals surface area contributed by atoms with Gasteiger partial charge >= 0.3 is 5.97 Å². The molecule has 0 aliphatic heterocycles. The minimum absolute atomic E-state index is 0.325. The fourth-order valence-electron chi connectivity index (χ4n) is 1.80. The number of aryl methyl sites for hydroxylation is 3. The molecule has 5 nitrogen and oxygen atoms in total. The molecule has 1 aromatic heterocycles. The first-order valence-electron chi connectivity index (χ1n) is 6.61. The van der Waals surface area contributed by atoms with Crippen LogP contribution in [0.3, 0.4) is 0 Å². The summed E-state index contributed by atoms with van der Waals surface area (Å²) in [5.74, 6) is -0.325. The first kappa shape index (κ1) is 15.4. The predicted octanol–water partition coefficient (Wildman–Crippen LogP) is 1.60. The highest BCUT2D eigenvalue weighted by molar-refractivity contribution is 5.88. The SMILES string of the molecule is C=C(CNCCCn1nc(C)cc1C)C(=O)OCC. The van der Waals surface area contributed by atoms with Crippen LogP contribution in [0, 0.1) is 13.8 Å². The molecule has 1 heterocycles. The Morgan fingerprint density at radius 3 is 2.84 bits per heavy atom. The normalized spacial score (nSPS) is 10.5. The van der Waals surface area contributed by atoms with Gasteiger partial charge in [-0.25, -0.2) is 4.79 Å². The van der Waals surface area contributed by atoms with Gasteiger partial charge in [0.25, 0.3) is 0 Å². The molecule has 0 saturated heterocycles. The van der Waals surface area contributed by atoms with Crippen molar-refractivity contribution in [3.63, 3.8) is 0 Å². The van der Waals surface area contributed by atoms with Gasteiger partial charge in [0.1, 0.15) is 0 Å². The zero-order valence-electron chi connectivity index (χ0n) is 12.0. The van der Waals surface area contributed by atoms with Gasteiger partial charge in [0, 0.05) is 24.4 Å². The number of nitrogens with one attached hydrogen (secondary N) is 1. The lowest BCUT2D eigenvalue weighted by atomic mass is 10.3. The monoisotopic (exact) mass is 265 g/mol. The molecule has 0 amide bonds. The van der Waals surface area contributed by atoms with Crippen LogP contribution in [0.25, 0.3) is 0 Å². The second-order valence-electron chi connectivity index (χ2n) is 4.50. The van der Waals surface area contributed by atoms with Crippen molar-refractivity contribution in [3.8, 4) is 0 Å².